The van der Waals surface area contributed by atoms with Crippen molar-refractivity contribution in [3.05, 3.63) is 34.0 Å². The van der Waals surface area contributed by atoms with Crippen molar-refractivity contribution in [2.24, 2.45) is 0 Å². The molecule has 4 rings (SSSR count). The molecule has 2 fully saturated rings. The smallest absolute Gasteiger partial charge is 0.225 e. The van der Waals surface area contributed by atoms with Crippen LogP contribution < -0.4 is 4.90 Å². The van der Waals surface area contributed by atoms with Gasteiger partial charge >= 0.3 is 0 Å². The lowest BCUT2D eigenvalue weighted by Crippen LogP contribution is -2.45. The van der Waals surface area contributed by atoms with Gasteiger partial charge < -0.3 is 14.5 Å². The number of thiazole rings is 1. The molecule has 2 aliphatic heterocycles. The molecule has 2 aliphatic rings. The maximum Gasteiger partial charge on any atom is 0.225 e. The van der Waals surface area contributed by atoms with E-state index in [4.69, 9.17) is 4.74 Å². The van der Waals surface area contributed by atoms with Gasteiger partial charge in [-0.2, -0.15) is 0 Å². The largest absolute Gasteiger partial charge is 0.378 e. The van der Waals surface area contributed by atoms with Crippen LogP contribution in [0.25, 0.3) is 0 Å². The zero-order valence-corrected chi connectivity index (χ0v) is 16.3. The number of piperazine rings is 1. The van der Waals surface area contributed by atoms with Crippen LogP contribution in [-0.2, 0) is 11.3 Å². The number of anilines is 1. The number of hydrogen-bond donors (Lipinski definition) is 0. The topological polar surface area (TPSA) is 57.6 Å². The average Bonchev–Trinajstić information content (AvgIpc) is 3.10. The van der Waals surface area contributed by atoms with Crippen LogP contribution in [0.5, 0.6) is 0 Å². The second-order valence-electron chi connectivity index (χ2n) is 7.07. The van der Waals surface area contributed by atoms with Crippen molar-refractivity contribution >= 4 is 17.3 Å². The highest BCUT2D eigenvalue weighted by atomic mass is 32.1. The van der Waals surface area contributed by atoms with Crippen molar-refractivity contribution in [3.8, 4) is 0 Å². The van der Waals surface area contributed by atoms with Gasteiger partial charge in [-0.3, -0.25) is 4.90 Å². The van der Waals surface area contributed by atoms with E-state index >= 15 is 0 Å². The van der Waals surface area contributed by atoms with Crippen molar-refractivity contribution in [2.75, 3.05) is 57.9 Å². The number of likely N-dealkylation sites (N-methyl/N-ethyl adjacent to an activating group) is 1. The number of ether oxygens (including phenoxy) is 1. The number of aryl methyl sites for hydroxylation is 1. The number of hydrogen-bond acceptors (Lipinski definition) is 8. The molecule has 1 atom stereocenters. The van der Waals surface area contributed by atoms with Gasteiger partial charge in [-0.05, 0) is 14.0 Å². The van der Waals surface area contributed by atoms with Crippen molar-refractivity contribution in [3.63, 3.8) is 0 Å². The van der Waals surface area contributed by atoms with Crippen LogP contribution in [0.2, 0.25) is 0 Å². The molecule has 2 aromatic heterocycles. The quantitative estimate of drug-likeness (QED) is 0.805. The van der Waals surface area contributed by atoms with Crippen molar-refractivity contribution < 1.29 is 4.74 Å². The lowest BCUT2D eigenvalue weighted by molar-refractivity contribution is -0.0129. The molecule has 0 spiro atoms. The maximum atomic E-state index is 5.70. The average molecular weight is 375 g/mol. The van der Waals surface area contributed by atoms with E-state index < -0.39 is 0 Å². The Morgan fingerprint density at radius 2 is 1.92 bits per heavy atom. The third kappa shape index (κ3) is 4.03. The fourth-order valence-corrected chi connectivity index (χ4v) is 4.33. The standard InChI is InChI=1S/C18H26N6OS/c1-14-13-26-17(21-14)16-12-25-8-7-24(16)11-15-9-19-18(20-10-15)23-5-3-22(2)4-6-23/h9-10,13,16H,3-8,11-12H2,1-2H3. The molecular formula is C18H26N6OS. The summed E-state index contributed by atoms with van der Waals surface area (Å²) in [5, 5.41) is 3.24. The van der Waals surface area contributed by atoms with Crippen LogP contribution in [0, 0.1) is 6.92 Å². The molecule has 0 N–H and O–H groups in total. The molecule has 1 unspecified atom stereocenters. The predicted octanol–water partition coefficient (Wildman–Crippen LogP) is 1.57. The van der Waals surface area contributed by atoms with Gasteiger partial charge in [-0.1, -0.05) is 0 Å². The lowest BCUT2D eigenvalue weighted by Gasteiger charge is -2.34. The molecule has 2 saturated heterocycles. The Hall–Kier alpha value is -1.61. The highest BCUT2D eigenvalue weighted by Crippen LogP contribution is 2.28. The van der Waals surface area contributed by atoms with Gasteiger partial charge in [0.15, 0.2) is 0 Å². The SMILES string of the molecule is Cc1csc(C2COCCN2Cc2cnc(N3CCN(C)CC3)nc2)n1. The summed E-state index contributed by atoms with van der Waals surface area (Å²) in [6, 6.07) is 0.222. The van der Waals surface area contributed by atoms with E-state index in [2.05, 4.69) is 42.1 Å². The Kier molecular flexibility index (Phi) is 5.44. The summed E-state index contributed by atoms with van der Waals surface area (Å²) in [6.07, 6.45) is 3.94. The summed E-state index contributed by atoms with van der Waals surface area (Å²) >= 11 is 1.72. The van der Waals surface area contributed by atoms with E-state index in [1.165, 1.54) is 0 Å². The molecule has 0 aromatic carbocycles. The van der Waals surface area contributed by atoms with Crippen molar-refractivity contribution in [1.82, 2.24) is 24.8 Å². The van der Waals surface area contributed by atoms with Crippen LogP contribution in [0.15, 0.2) is 17.8 Å². The summed E-state index contributed by atoms with van der Waals surface area (Å²) in [7, 11) is 2.16. The monoisotopic (exact) mass is 374 g/mol. The highest BCUT2D eigenvalue weighted by molar-refractivity contribution is 7.09. The molecule has 2 aromatic rings. The van der Waals surface area contributed by atoms with E-state index in [0.717, 1.165) is 68.1 Å². The van der Waals surface area contributed by atoms with Crippen LogP contribution in [0.4, 0.5) is 5.95 Å². The summed E-state index contributed by atoms with van der Waals surface area (Å²) in [4.78, 5) is 20.9. The van der Waals surface area contributed by atoms with Gasteiger partial charge in [0.2, 0.25) is 5.95 Å². The van der Waals surface area contributed by atoms with Crippen LogP contribution in [0.1, 0.15) is 22.3 Å². The van der Waals surface area contributed by atoms with Crippen LogP contribution >= 0.6 is 11.3 Å². The minimum Gasteiger partial charge on any atom is -0.378 e. The first kappa shape index (κ1) is 17.8. The first-order chi connectivity index (χ1) is 12.7. The number of aromatic nitrogens is 3. The lowest BCUT2D eigenvalue weighted by atomic mass is 10.2. The van der Waals surface area contributed by atoms with E-state index in [1.54, 1.807) is 11.3 Å². The molecule has 7 nitrogen and oxygen atoms in total. The maximum absolute atomic E-state index is 5.70. The first-order valence-corrected chi connectivity index (χ1v) is 10.1. The van der Waals surface area contributed by atoms with Gasteiger partial charge in [0.05, 0.1) is 19.3 Å². The van der Waals surface area contributed by atoms with Gasteiger partial charge in [0, 0.05) is 68.3 Å². The Labute approximate surface area is 158 Å². The molecular weight excluding hydrogens is 348 g/mol. The zero-order chi connectivity index (χ0) is 17.9. The molecule has 4 heterocycles. The molecule has 8 heteroatoms. The van der Waals surface area contributed by atoms with Crippen molar-refractivity contribution in [2.45, 2.75) is 19.5 Å². The Balaban J connectivity index is 1.42. The summed E-state index contributed by atoms with van der Waals surface area (Å²) in [5.41, 5.74) is 2.22. The fraction of sp³-hybridized carbons (Fsp3) is 0.611. The minimum absolute atomic E-state index is 0.222. The van der Waals surface area contributed by atoms with Crippen molar-refractivity contribution in [1.29, 1.82) is 0 Å². The minimum atomic E-state index is 0.222. The van der Waals surface area contributed by atoms with Gasteiger partial charge in [0.25, 0.3) is 0 Å². The zero-order valence-electron chi connectivity index (χ0n) is 15.5. The van der Waals surface area contributed by atoms with Gasteiger partial charge in [-0.15, -0.1) is 11.3 Å². The fourth-order valence-electron chi connectivity index (χ4n) is 3.41. The first-order valence-electron chi connectivity index (χ1n) is 9.17. The molecule has 0 amide bonds. The summed E-state index contributed by atoms with van der Waals surface area (Å²) < 4.78 is 5.70. The Morgan fingerprint density at radius 1 is 1.15 bits per heavy atom. The van der Waals surface area contributed by atoms with Crippen LogP contribution in [0.3, 0.4) is 0 Å². The number of morpholine rings is 1. The van der Waals surface area contributed by atoms with E-state index in [0.29, 0.717) is 6.61 Å². The summed E-state index contributed by atoms with van der Waals surface area (Å²) in [6.45, 7) is 9.35. The van der Waals surface area contributed by atoms with E-state index in [1.807, 2.05) is 19.3 Å². The molecule has 26 heavy (non-hydrogen) atoms. The Bertz CT molecular complexity index is 713. The molecule has 0 aliphatic carbocycles. The predicted molar refractivity (Wildman–Crippen MR) is 103 cm³/mol. The Morgan fingerprint density at radius 3 is 2.62 bits per heavy atom. The van der Waals surface area contributed by atoms with E-state index in [9.17, 15) is 0 Å². The second kappa shape index (κ2) is 7.96. The third-order valence-corrected chi connectivity index (χ3v) is 6.09. The summed E-state index contributed by atoms with van der Waals surface area (Å²) in [5.74, 6) is 0.843. The van der Waals surface area contributed by atoms with Gasteiger partial charge in [0.1, 0.15) is 5.01 Å². The normalized spacial score (nSPS) is 22.7. The molecule has 140 valence electrons. The number of rotatable bonds is 4. The number of nitrogens with zero attached hydrogens (tertiary/aromatic N) is 6. The van der Waals surface area contributed by atoms with Gasteiger partial charge in [-0.25, -0.2) is 15.0 Å². The van der Waals surface area contributed by atoms with E-state index in [-0.39, 0.29) is 6.04 Å². The molecule has 0 bridgehead atoms. The molecule has 0 saturated carbocycles. The van der Waals surface area contributed by atoms with Crippen LogP contribution in [-0.4, -0.2) is 77.7 Å². The third-order valence-electron chi connectivity index (χ3n) is 5.02. The second-order valence-corrected chi connectivity index (χ2v) is 7.96. The molecule has 0 radical (unpaired) electrons. The highest BCUT2D eigenvalue weighted by Gasteiger charge is 2.27.